The van der Waals surface area contributed by atoms with Gasteiger partial charge in [0.1, 0.15) is 42.0 Å². The molecule has 2 aliphatic rings. The molecule has 1 N–H and O–H groups in total. The molecule has 3 heterocycles. The predicted molar refractivity (Wildman–Crippen MR) is 118 cm³/mol. The molecule has 1 unspecified atom stereocenters. The van der Waals surface area contributed by atoms with Gasteiger partial charge in [0.25, 0.3) is 0 Å². The van der Waals surface area contributed by atoms with Gasteiger partial charge < -0.3 is 24.3 Å². The maximum Gasteiger partial charge on any atom is 0.151 e. The minimum absolute atomic E-state index is 0.109. The van der Waals surface area contributed by atoms with Gasteiger partial charge in [-0.3, -0.25) is 0 Å². The number of hydrogen-bond donors (Lipinski definition) is 1. The summed E-state index contributed by atoms with van der Waals surface area (Å²) >= 11 is 0. The van der Waals surface area contributed by atoms with Crippen LogP contribution < -0.4 is 10.1 Å². The summed E-state index contributed by atoms with van der Waals surface area (Å²) in [7, 11) is 0. The van der Waals surface area contributed by atoms with E-state index < -0.39 is 0 Å². The molecule has 168 valence electrons. The average molecular weight is 439 g/mol. The number of rotatable bonds is 6. The smallest absolute Gasteiger partial charge is 0.151 e. The lowest BCUT2D eigenvalue weighted by Crippen LogP contribution is -2.35. The molecule has 2 fully saturated rings. The van der Waals surface area contributed by atoms with Gasteiger partial charge in [-0.1, -0.05) is 6.07 Å². The van der Waals surface area contributed by atoms with E-state index >= 15 is 0 Å². The van der Waals surface area contributed by atoms with E-state index in [-0.39, 0.29) is 30.2 Å². The van der Waals surface area contributed by atoms with Crippen molar-refractivity contribution in [3.8, 4) is 5.75 Å². The molecule has 0 amide bonds. The van der Waals surface area contributed by atoms with Crippen molar-refractivity contribution in [1.29, 1.82) is 0 Å². The molecule has 0 radical (unpaired) electrons. The number of aromatic nitrogens is 2. The normalized spacial score (nSPS) is 24.6. The van der Waals surface area contributed by atoms with Crippen LogP contribution in [0.2, 0.25) is 0 Å². The fraction of sp³-hybridized carbons (Fsp3) is 0.417. The van der Waals surface area contributed by atoms with E-state index in [0.29, 0.717) is 37.1 Å². The highest BCUT2D eigenvalue weighted by Gasteiger charge is 2.49. The first-order chi connectivity index (χ1) is 15.5. The van der Waals surface area contributed by atoms with Crippen molar-refractivity contribution >= 4 is 22.4 Å². The highest BCUT2D eigenvalue weighted by Crippen LogP contribution is 2.36. The Morgan fingerprint density at radius 2 is 1.84 bits per heavy atom. The second-order valence-corrected chi connectivity index (χ2v) is 8.21. The average Bonchev–Trinajstić information content (AvgIpc) is 3.33. The fourth-order valence-corrected chi connectivity index (χ4v) is 4.54. The first-order valence-corrected chi connectivity index (χ1v) is 10.8. The Labute approximate surface area is 185 Å². The monoisotopic (exact) mass is 439 g/mol. The minimum Gasteiger partial charge on any atom is -0.483 e. The van der Waals surface area contributed by atoms with E-state index in [4.69, 9.17) is 18.9 Å². The summed E-state index contributed by atoms with van der Waals surface area (Å²) in [6.45, 7) is 7.41. The van der Waals surface area contributed by atoms with Crippen molar-refractivity contribution < 1.29 is 23.3 Å². The molecule has 0 saturated carbocycles. The summed E-state index contributed by atoms with van der Waals surface area (Å²) < 4.78 is 37.8. The number of nitrogens with zero attached hydrogens (tertiary/aromatic N) is 2. The van der Waals surface area contributed by atoms with Gasteiger partial charge in [-0.05, 0) is 50.1 Å². The third-order valence-corrected chi connectivity index (χ3v) is 5.90. The molecule has 8 heteroatoms. The Bertz CT molecular complexity index is 1140. The molecular weight excluding hydrogens is 413 g/mol. The molecule has 4 atom stereocenters. The summed E-state index contributed by atoms with van der Waals surface area (Å²) in [4.78, 5) is 8.83. The maximum absolute atomic E-state index is 14.1. The Kier molecular flexibility index (Phi) is 5.67. The molecule has 0 aliphatic carbocycles. The first-order valence-electron chi connectivity index (χ1n) is 10.8. The van der Waals surface area contributed by atoms with E-state index in [1.807, 2.05) is 26.8 Å². The summed E-state index contributed by atoms with van der Waals surface area (Å²) in [6.07, 6.45) is 0.611. The van der Waals surface area contributed by atoms with Crippen molar-refractivity contribution in [3.63, 3.8) is 0 Å². The Hall–Kier alpha value is -2.81. The number of ether oxygens (including phenoxy) is 4. The number of anilines is 2. The van der Waals surface area contributed by atoms with E-state index in [9.17, 15) is 4.39 Å². The van der Waals surface area contributed by atoms with Crippen LogP contribution in [0.25, 0.3) is 10.9 Å². The van der Waals surface area contributed by atoms with Gasteiger partial charge in [0.2, 0.25) is 0 Å². The van der Waals surface area contributed by atoms with Gasteiger partial charge in [0.05, 0.1) is 24.4 Å². The Balaban J connectivity index is 1.43. The molecule has 5 rings (SSSR count). The van der Waals surface area contributed by atoms with Gasteiger partial charge in [0.15, 0.2) is 6.10 Å². The van der Waals surface area contributed by atoms with Crippen LogP contribution in [0.5, 0.6) is 5.75 Å². The van der Waals surface area contributed by atoms with Gasteiger partial charge in [-0.25, -0.2) is 14.4 Å². The lowest BCUT2D eigenvalue weighted by atomic mass is 10.1. The van der Waals surface area contributed by atoms with Crippen molar-refractivity contribution in [1.82, 2.24) is 9.97 Å². The van der Waals surface area contributed by atoms with E-state index in [0.717, 1.165) is 22.0 Å². The van der Waals surface area contributed by atoms with Crippen molar-refractivity contribution in [2.45, 2.75) is 45.2 Å². The van der Waals surface area contributed by atoms with Crippen LogP contribution in [0.15, 0.2) is 36.7 Å². The second-order valence-electron chi connectivity index (χ2n) is 8.21. The van der Waals surface area contributed by atoms with Gasteiger partial charge in [-0.2, -0.15) is 0 Å². The van der Waals surface area contributed by atoms with Gasteiger partial charge in [0, 0.05) is 18.1 Å². The third-order valence-electron chi connectivity index (χ3n) is 5.90. The zero-order valence-corrected chi connectivity index (χ0v) is 18.3. The van der Waals surface area contributed by atoms with E-state index in [1.165, 1.54) is 18.5 Å². The molecule has 1 aromatic heterocycles. The number of nitrogens with one attached hydrogen (secondary N) is 1. The summed E-state index contributed by atoms with van der Waals surface area (Å²) in [5.41, 5.74) is 3.64. The largest absolute Gasteiger partial charge is 0.483 e. The van der Waals surface area contributed by atoms with Gasteiger partial charge >= 0.3 is 0 Å². The van der Waals surface area contributed by atoms with Crippen molar-refractivity contribution in [2.75, 3.05) is 25.1 Å². The van der Waals surface area contributed by atoms with Crippen LogP contribution in [0.1, 0.15) is 18.1 Å². The number of benzene rings is 2. The standard InChI is InChI=1S/C24H26FN3O4/c1-4-29-19-10-30-23-20(11-31-22(19)23)32-18-9-15(25)5-6-16(18)28-24-21-14(3)7-13(2)8-17(21)26-12-27-24/h5-9,12,19-20,22-23H,4,10-11H2,1-3H3,(H,26,27,28)/t19-,20-,22?,23-/m1/s1. The molecule has 2 aliphatic heterocycles. The highest BCUT2D eigenvalue weighted by molar-refractivity contribution is 5.94. The second kappa shape index (κ2) is 8.61. The topological polar surface area (TPSA) is 74.7 Å². The van der Waals surface area contributed by atoms with Crippen LogP contribution in [0, 0.1) is 19.7 Å². The van der Waals surface area contributed by atoms with Crippen molar-refractivity contribution in [2.24, 2.45) is 0 Å². The Morgan fingerprint density at radius 1 is 1.06 bits per heavy atom. The molecule has 3 aromatic rings. The lowest BCUT2D eigenvalue weighted by molar-refractivity contribution is -0.0309. The molecule has 0 spiro atoms. The molecule has 2 aromatic carbocycles. The summed E-state index contributed by atoms with van der Waals surface area (Å²) in [5.74, 6) is 0.622. The molecular formula is C24H26FN3O4. The zero-order chi connectivity index (χ0) is 22.2. The molecule has 7 nitrogen and oxygen atoms in total. The molecule has 32 heavy (non-hydrogen) atoms. The van der Waals surface area contributed by atoms with Crippen LogP contribution in [-0.2, 0) is 14.2 Å². The number of hydrogen-bond acceptors (Lipinski definition) is 7. The Morgan fingerprint density at radius 3 is 2.66 bits per heavy atom. The fourth-order valence-electron chi connectivity index (χ4n) is 4.54. The highest BCUT2D eigenvalue weighted by atomic mass is 19.1. The lowest BCUT2D eigenvalue weighted by Gasteiger charge is -2.21. The van der Waals surface area contributed by atoms with Crippen LogP contribution in [-0.4, -0.2) is 54.2 Å². The summed E-state index contributed by atoms with van der Waals surface area (Å²) in [6, 6.07) is 8.50. The third kappa shape index (κ3) is 3.90. The molecule has 2 saturated heterocycles. The number of aryl methyl sites for hydroxylation is 2. The quantitative estimate of drug-likeness (QED) is 0.620. The minimum atomic E-state index is -0.389. The number of fused-ring (bicyclic) bond motifs is 2. The molecule has 0 bridgehead atoms. The van der Waals surface area contributed by atoms with Crippen LogP contribution in [0.4, 0.5) is 15.9 Å². The zero-order valence-electron chi connectivity index (χ0n) is 18.3. The van der Waals surface area contributed by atoms with E-state index in [1.54, 1.807) is 6.07 Å². The van der Waals surface area contributed by atoms with E-state index in [2.05, 4.69) is 21.4 Å². The predicted octanol–water partition coefficient (Wildman–Crippen LogP) is 4.08. The summed E-state index contributed by atoms with van der Waals surface area (Å²) in [5, 5.41) is 4.23. The van der Waals surface area contributed by atoms with Crippen molar-refractivity contribution in [3.05, 3.63) is 53.6 Å². The van der Waals surface area contributed by atoms with Crippen LogP contribution >= 0.6 is 0 Å². The SMILES string of the molecule is CCO[C@@H]1CO[C@H]2C1OC[C@H]2Oc1cc(F)ccc1Nc1ncnc2cc(C)cc(C)c12. The first kappa shape index (κ1) is 21.1. The van der Waals surface area contributed by atoms with Gasteiger partial charge in [-0.15, -0.1) is 0 Å². The number of halogens is 1. The van der Waals surface area contributed by atoms with Crippen LogP contribution in [0.3, 0.4) is 0 Å². The maximum atomic E-state index is 14.1.